The third-order valence-corrected chi connectivity index (χ3v) is 4.87. The van der Waals surface area contributed by atoms with E-state index < -0.39 is 23.7 Å². The average Bonchev–Trinajstić information content (AvgIpc) is 3.08. The van der Waals surface area contributed by atoms with Crippen LogP contribution in [0.4, 0.5) is 4.79 Å². The van der Waals surface area contributed by atoms with Gasteiger partial charge in [-0.05, 0) is 44.4 Å². The fourth-order valence-corrected chi connectivity index (χ4v) is 3.52. The van der Waals surface area contributed by atoms with Crippen LogP contribution in [-0.4, -0.2) is 35.4 Å². The number of ether oxygens (including phenoxy) is 2. The van der Waals surface area contributed by atoms with Crippen LogP contribution >= 0.6 is 0 Å². The molecule has 0 radical (unpaired) electrons. The smallest absolute Gasteiger partial charge is 0.408 e. The van der Waals surface area contributed by atoms with Gasteiger partial charge in [-0.1, -0.05) is 54.6 Å². The third kappa shape index (κ3) is 6.48. The number of methoxy groups -OCH3 is 1. The predicted molar refractivity (Wildman–Crippen MR) is 125 cm³/mol. The van der Waals surface area contributed by atoms with Gasteiger partial charge in [-0.2, -0.15) is 0 Å². The molecule has 32 heavy (non-hydrogen) atoms. The summed E-state index contributed by atoms with van der Waals surface area (Å²) >= 11 is 0. The number of para-hydroxylation sites is 1. The van der Waals surface area contributed by atoms with Crippen molar-refractivity contribution in [3.8, 4) is 0 Å². The van der Waals surface area contributed by atoms with Crippen LogP contribution in [0.1, 0.15) is 31.9 Å². The Morgan fingerprint density at radius 1 is 1.06 bits per heavy atom. The SMILES string of the molecule is COC(=O)C=CC(Cc1cn(Cc2ccccc2)c2ccccc12)NC(=O)OC(C)(C)C. The van der Waals surface area contributed by atoms with Gasteiger partial charge in [0.15, 0.2) is 0 Å². The molecule has 1 amide bonds. The minimum atomic E-state index is -0.619. The highest BCUT2D eigenvalue weighted by Gasteiger charge is 2.20. The van der Waals surface area contributed by atoms with Crippen molar-refractivity contribution < 1.29 is 19.1 Å². The number of esters is 1. The molecule has 1 atom stereocenters. The fraction of sp³-hybridized carbons (Fsp3) is 0.308. The first-order valence-electron chi connectivity index (χ1n) is 10.6. The summed E-state index contributed by atoms with van der Waals surface area (Å²) in [4.78, 5) is 24.0. The molecular weight excluding hydrogens is 404 g/mol. The number of hydrogen-bond acceptors (Lipinski definition) is 4. The van der Waals surface area contributed by atoms with Crippen LogP contribution in [0.25, 0.3) is 10.9 Å². The number of hydrogen-bond donors (Lipinski definition) is 1. The van der Waals surface area contributed by atoms with Gasteiger partial charge in [-0.3, -0.25) is 0 Å². The molecule has 0 aliphatic rings. The zero-order valence-electron chi connectivity index (χ0n) is 19.0. The minimum Gasteiger partial charge on any atom is -0.466 e. The monoisotopic (exact) mass is 434 g/mol. The molecule has 0 spiro atoms. The fourth-order valence-electron chi connectivity index (χ4n) is 3.52. The maximum atomic E-state index is 12.4. The van der Waals surface area contributed by atoms with Gasteiger partial charge < -0.3 is 19.4 Å². The van der Waals surface area contributed by atoms with Gasteiger partial charge in [0, 0.05) is 29.7 Å². The van der Waals surface area contributed by atoms with Crippen LogP contribution in [0.2, 0.25) is 0 Å². The summed E-state index contributed by atoms with van der Waals surface area (Å²) in [5.74, 6) is -0.479. The summed E-state index contributed by atoms with van der Waals surface area (Å²) in [5.41, 5.74) is 2.76. The topological polar surface area (TPSA) is 69.6 Å². The number of carbonyl (C=O) groups is 2. The Kier molecular flexibility index (Phi) is 7.36. The van der Waals surface area contributed by atoms with E-state index in [0.29, 0.717) is 6.42 Å². The van der Waals surface area contributed by atoms with Crippen LogP contribution in [0.3, 0.4) is 0 Å². The van der Waals surface area contributed by atoms with Crippen LogP contribution < -0.4 is 5.32 Å². The standard InChI is InChI=1S/C26H30N2O4/c1-26(2,3)32-25(30)27-21(14-15-24(29)31-4)16-20-18-28(17-19-10-6-5-7-11-19)23-13-9-8-12-22(20)23/h5-15,18,21H,16-17H2,1-4H3,(H,27,30). The number of carbonyl (C=O) groups excluding carboxylic acids is 2. The molecule has 6 heteroatoms. The molecule has 0 bridgehead atoms. The van der Waals surface area contributed by atoms with Crippen LogP contribution in [0.5, 0.6) is 0 Å². The normalized spacial score (nSPS) is 12.6. The van der Waals surface area contributed by atoms with E-state index in [9.17, 15) is 9.59 Å². The Morgan fingerprint density at radius 2 is 1.75 bits per heavy atom. The van der Waals surface area contributed by atoms with E-state index >= 15 is 0 Å². The maximum absolute atomic E-state index is 12.4. The number of fused-ring (bicyclic) bond motifs is 1. The summed E-state index contributed by atoms with van der Waals surface area (Å²) in [5, 5.41) is 3.96. The number of nitrogens with zero attached hydrogens (tertiary/aromatic N) is 1. The largest absolute Gasteiger partial charge is 0.466 e. The van der Waals surface area contributed by atoms with Crippen molar-refractivity contribution in [2.45, 2.75) is 45.4 Å². The highest BCUT2D eigenvalue weighted by atomic mass is 16.6. The molecule has 0 aliphatic carbocycles. The number of benzene rings is 2. The van der Waals surface area contributed by atoms with Gasteiger partial charge in [0.1, 0.15) is 5.60 Å². The first kappa shape index (κ1) is 23.1. The Hall–Kier alpha value is -3.54. The molecular formula is C26H30N2O4. The number of aromatic nitrogens is 1. The number of amides is 1. The van der Waals surface area contributed by atoms with E-state index in [1.54, 1.807) is 6.08 Å². The predicted octanol–water partition coefficient (Wildman–Crippen LogP) is 4.85. The van der Waals surface area contributed by atoms with E-state index in [1.807, 2.05) is 51.1 Å². The van der Waals surface area contributed by atoms with Gasteiger partial charge in [-0.25, -0.2) is 9.59 Å². The lowest BCUT2D eigenvalue weighted by Crippen LogP contribution is -2.39. The van der Waals surface area contributed by atoms with Gasteiger partial charge >= 0.3 is 12.1 Å². The first-order chi connectivity index (χ1) is 15.2. The molecule has 1 unspecified atom stereocenters. The van der Waals surface area contributed by atoms with Gasteiger partial charge in [0.2, 0.25) is 0 Å². The summed E-state index contributed by atoms with van der Waals surface area (Å²) in [6, 6.07) is 18.0. The van der Waals surface area contributed by atoms with Crippen molar-refractivity contribution in [2.75, 3.05) is 7.11 Å². The lowest BCUT2D eigenvalue weighted by molar-refractivity contribution is -0.134. The van der Waals surface area contributed by atoms with Crippen molar-refractivity contribution in [3.05, 3.63) is 84.1 Å². The van der Waals surface area contributed by atoms with Gasteiger partial charge in [0.05, 0.1) is 13.2 Å². The van der Waals surface area contributed by atoms with Crippen molar-refractivity contribution in [3.63, 3.8) is 0 Å². The molecule has 1 heterocycles. The van der Waals surface area contributed by atoms with Gasteiger partial charge in [-0.15, -0.1) is 0 Å². The molecule has 0 saturated heterocycles. The Morgan fingerprint density at radius 3 is 2.44 bits per heavy atom. The van der Waals surface area contributed by atoms with Gasteiger partial charge in [0.25, 0.3) is 0 Å². The summed E-state index contributed by atoms with van der Waals surface area (Å²) in [6.45, 7) is 6.17. The Bertz CT molecular complexity index is 1090. The van der Waals surface area contributed by atoms with E-state index in [2.05, 4.69) is 40.3 Å². The third-order valence-electron chi connectivity index (χ3n) is 4.87. The zero-order valence-corrected chi connectivity index (χ0v) is 19.0. The second-order valence-electron chi connectivity index (χ2n) is 8.62. The highest BCUT2D eigenvalue weighted by molar-refractivity contribution is 5.84. The maximum Gasteiger partial charge on any atom is 0.408 e. The second kappa shape index (κ2) is 10.2. The zero-order chi connectivity index (χ0) is 23.1. The molecule has 0 aliphatic heterocycles. The molecule has 1 N–H and O–H groups in total. The molecule has 1 aromatic heterocycles. The van der Waals surface area contributed by atoms with Crippen molar-refractivity contribution in [1.82, 2.24) is 9.88 Å². The highest BCUT2D eigenvalue weighted by Crippen LogP contribution is 2.24. The Labute approximate surface area is 188 Å². The van der Waals surface area contributed by atoms with Crippen LogP contribution in [-0.2, 0) is 27.2 Å². The summed E-state index contributed by atoms with van der Waals surface area (Å²) < 4.78 is 12.3. The molecule has 6 nitrogen and oxygen atoms in total. The molecule has 3 rings (SSSR count). The van der Waals surface area contributed by atoms with Crippen LogP contribution in [0.15, 0.2) is 72.9 Å². The van der Waals surface area contributed by atoms with Crippen LogP contribution in [0, 0.1) is 0 Å². The lowest BCUT2D eigenvalue weighted by atomic mass is 10.0. The van der Waals surface area contributed by atoms with Crippen molar-refractivity contribution >= 4 is 23.0 Å². The van der Waals surface area contributed by atoms with E-state index in [4.69, 9.17) is 9.47 Å². The van der Waals surface area contributed by atoms with Crippen molar-refractivity contribution in [2.24, 2.45) is 0 Å². The number of alkyl carbamates (subject to hydrolysis) is 1. The first-order valence-corrected chi connectivity index (χ1v) is 10.6. The van der Waals surface area contributed by atoms with Crippen molar-refractivity contribution in [1.29, 1.82) is 0 Å². The molecule has 0 fully saturated rings. The molecule has 2 aromatic carbocycles. The quantitative estimate of drug-likeness (QED) is 0.426. The summed E-state index contributed by atoms with van der Waals surface area (Å²) in [6.07, 6.45) is 5.03. The lowest BCUT2D eigenvalue weighted by Gasteiger charge is -2.22. The van der Waals surface area contributed by atoms with E-state index in [0.717, 1.165) is 23.0 Å². The van der Waals surface area contributed by atoms with E-state index in [-0.39, 0.29) is 0 Å². The summed E-state index contributed by atoms with van der Waals surface area (Å²) in [7, 11) is 1.32. The minimum absolute atomic E-state index is 0.445. The second-order valence-corrected chi connectivity index (χ2v) is 8.62. The number of rotatable bonds is 7. The molecule has 0 saturated carbocycles. The average molecular weight is 435 g/mol. The Balaban J connectivity index is 1.89. The molecule has 3 aromatic rings. The molecule has 168 valence electrons. The number of nitrogens with one attached hydrogen (secondary N) is 1. The van der Waals surface area contributed by atoms with E-state index in [1.165, 1.54) is 18.7 Å².